The highest BCUT2D eigenvalue weighted by molar-refractivity contribution is 6.28. The number of rotatable bonds is 2. The first kappa shape index (κ1) is 19.1. The van der Waals surface area contributed by atoms with E-state index >= 15 is 0 Å². The maximum atomic E-state index is 12.7. The Bertz CT molecular complexity index is 934. The lowest BCUT2D eigenvalue weighted by Crippen LogP contribution is -2.39. The molecule has 0 saturated carbocycles. The lowest BCUT2D eigenvalue weighted by atomic mass is 9.82. The van der Waals surface area contributed by atoms with Gasteiger partial charge in [0.2, 0.25) is 5.28 Å². The van der Waals surface area contributed by atoms with Crippen molar-refractivity contribution in [1.82, 2.24) is 15.0 Å². The number of ether oxygens (including phenoxy) is 1. The van der Waals surface area contributed by atoms with E-state index in [0.717, 1.165) is 11.1 Å². The van der Waals surface area contributed by atoms with Crippen LogP contribution in [0, 0.1) is 11.3 Å². The summed E-state index contributed by atoms with van der Waals surface area (Å²) >= 11 is 5.89. The number of carbonyl (C=O) groups excluding carboxylic acids is 1. The summed E-state index contributed by atoms with van der Waals surface area (Å²) < 4.78 is 5.51. The van der Waals surface area contributed by atoms with Gasteiger partial charge >= 0.3 is 6.09 Å². The van der Waals surface area contributed by atoms with E-state index < -0.39 is 17.1 Å². The van der Waals surface area contributed by atoms with Crippen LogP contribution in [-0.4, -0.2) is 33.2 Å². The van der Waals surface area contributed by atoms with Crippen LogP contribution in [0.15, 0.2) is 24.5 Å². The van der Waals surface area contributed by atoms with Crippen LogP contribution in [0.4, 0.5) is 10.6 Å². The number of anilines is 1. The van der Waals surface area contributed by atoms with Crippen molar-refractivity contribution in [2.24, 2.45) is 0 Å². The fourth-order valence-electron chi connectivity index (χ4n) is 3.06. The molecule has 1 atom stereocenters. The predicted octanol–water partition coefficient (Wildman–Crippen LogP) is 4.12. The van der Waals surface area contributed by atoms with E-state index in [1.54, 1.807) is 18.5 Å². The number of amides is 1. The van der Waals surface area contributed by atoms with Gasteiger partial charge in [-0.15, -0.1) is 0 Å². The maximum Gasteiger partial charge on any atom is 0.416 e. The van der Waals surface area contributed by atoms with E-state index in [1.165, 1.54) is 4.90 Å². The van der Waals surface area contributed by atoms with Gasteiger partial charge in [0.15, 0.2) is 0 Å². The van der Waals surface area contributed by atoms with Gasteiger partial charge in [-0.25, -0.2) is 19.7 Å². The topological polar surface area (TPSA) is 92.0 Å². The number of nitrogens with zero attached hydrogens (tertiary/aromatic N) is 5. The van der Waals surface area contributed by atoms with Crippen molar-refractivity contribution in [2.75, 3.05) is 11.4 Å². The second-order valence-electron chi connectivity index (χ2n) is 7.77. The van der Waals surface area contributed by atoms with E-state index in [1.807, 2.05) is 33.8 Å². The number of hydrogen-bond acceptors (Lipinski definition) is 6. The molecule has 1 amide bonds. The molecule has 0 bridgehead atoms. The molecule has 0 aromatic carbocycles. The molecule has 0 aliphatic carbocycles. The van der Waals surface area contributed by atoms with Gasteiger partial charge in [0.05, 0.1) is 11.8 Å². The van der Waals surface area contributed by atoms with Gasteiger partial charge in [0.25, 0.3) is 0 Å². The quantitative estimate of drug-likeness (QED) is 0.722. The minimum absolute atomic E-state index is 0.142. The monoisotopic (exact) mass is 385 g/mol. The van der Waals surface area contributed by atoms with Crippen LogP contribution in [0.25, 0.3) is 11.3 Å². The van der Waals surface area contributed by atoms with E-state index in [0.29, 0.717) is 18.1 Å². The SMILES string of the molecule is CC(C)(C)OC(=O)N1CC(C)(CC#N)c2cc(-c3ccnc(Cl)n3)cnc21. The molecular formula is C19H20ClN5O2. The maximum absolute atomic E-state index is 12.7. The van der Waals surface area contributed by atoms with Crippen LogP contribution in [0.5, 0.6) is 0 Å². The molecule has 1 unspecified atom stereocenters. The average Bonchev–Trinajstić information content (AvgIpc) is 2.86. The zero-order chi connectivity index (χ0) is 19.8. The summed E-state index contributed by atoms with van der Waals surface area (Å²) in [6.45, 7) is 7.70. The number of nitriles is 1. The molecule has 7 nitrogen and oxygen atoms in total. The van der Waals surface area contributed by atoms with Crippen molar-refractivity contribution < 1.29 is 9.53 Å². The lowest BCUT2D eigenvalue weighted by molar-refractivity contribution is 0.0577. The van der Waals surface area contributed by atoms with Gasteiger partial charge < -0.3 is 4.74 Å². The number of hydrogen-bond donors (Lipinski definition) is 0. The molecule has 3 rings (SSSR count). The molecule has 2 aromatic heterocycles. The van der Waals surface area contributed by atoms with Crippen molar-refractivity contribution in [3.05, 3.63) is 35.4 Å². The summed E-state index contributed by atoms with van der Waals surface area (Å²) in [5.41, 5.74) is 1.000. The van der Waals surface area contributed by atoms with E-state index in [4.69, 9.17) is 16.3 Å². The first-order valence-electron chi connectivity index (χ1n) is 8.50. The second kappa shape index (κ2) is 6.78. The smallest absolute Gasteiger partial charge is 0.416 e. The van der Waals surface area contributed by atoms with Crippen LogP contribution in [-0.2, 0) is 10.2 Å². The third kappa shape index (κ3) is 3.86. The summed E-state index contributed by atoms with van der Waals surface area (Å²) in [4.78, 5) is 26.7. The normalized spacial score (nSPS) is 18.7. The molecule has 0 fully saturated rings. The van der Waals surface area contributed by atoms with Crippen LogP contribution < -0.4 is 4.90 Å². The first-order chi connectivity index (χ1) is 12.6. The van der Waals surface area contributed by atoms with Gasteiger partial charge in [-0.1, -0.05) is 6.92 Å². The number of aromatic nitrogens is 3. The minimum Gasteiger partial charge on any atom is -0.443 e. The molecule has 0 saturated heterocycles. The molecule has 3 heterocycles. The van der Waals surface area contributed by atoms with Gasteiger partial charge in [-0.3, -0.25) is 4.90 Å². The van der Waals surface area contributed by atoms with Crippen LogP contribution >= 0.6 is 11.6 Å². The van der Waals surface area contributed by atoms with Gasteiger partial charge in [-0.05, 0) is 44.5 Å². The fraction of sp³-hybridized carbons (Fsp3) is 0.421. The second-order valence-corrected chi connectivity index (χ2v) is 8.11. The zero-order valence-electron chi connectivity index (χ0n) is 15.7. The first-order valence-corrected chi connectivity index (χ1v) is 8.88. The Morgan fingerprint density at radius 1 is 1.44 bits per heavy atom. The number of halogens is 1. The zero-order valence-corrected chi connectivity index (χ0v) is 16.4. The Morgan fingerprint density at radius 2 is 2.19 bits per heavy atom. The van der Waals surface area contributed by atoms with Crippen molar-refractivity contribution in [2.45, 2.75) is 45.1 Å². The molecule has 140 valence electrons. The molecule has 27 heavy (non-hydrogen) atoms. The molecule has 0 spiro atoms. The molecular weight excluding hydrogens is 366 g/mol. The van der Waals surface area contributed by atoms with Gasteiger partial charge in [0, 0.05) is 41.9 Å². The summed E-state index contributed by atoms with van der Waals surface area (Å²) in [5.74, 6) is 0.505. The summed E-state index contributed by atoms with van der Waals surface area (Å²) in [7, 11) is 0. The van der Waals surface area contributed by atoms with Crippen LogP contribution in [0.1, 0.15) is 39.7 Å². The average molecular weight is 386 g/mol. The fourth-order valence-corrected chi connectivity index (χ4v) is 3.20. The summed E-state index contributed by atoms with van der Waals surface area (Å²) in [5, 5.41) is 9.45. The number of fused-ring (bicyclic) bond motifs is 1. The highest BCUT2D eigenvalue weighted by atomic mass is 35.5. The van der Waals surface area contributed by atoms with E-state index in [2.05, 4.69) is 21.0 Å². The minimum atomic E-state index is -0.622. The Hall–Kier alpha value is -2.72. The van der Waals surface area contributed by atoms with Crippen molar-refractivity contribution >= 4 is 23.5 Å². The Balaban J connectivity index is 2.05. The van der Waals surface area contributed by atoms with Crippen LogP contribution in [0.2, 0.25) is 5.28 Å². The van der Waals surface area contributed by atoms with Crippen molar-refractivity contribution in [3.8, 4) is 17.3 Å². The Kier molecular flexibility index (Phi) is 4.79. The van der Waals surface area contributed by atoms with Crippen molar-refractivity contribution in [1.29, 1.82) is 5.26 Å². The Labute approximate surface area is 163 Å². The number of carbonyl (C=O) groups is 1. The van der Waals surface area contributed by atoms with Gasteiger partial charge in [-0.2, -0.15) is 5.26 Å². The molecule has 0 radical (unpaired) electrons. The lowest BCUT2D eigenvalue weighted by Gasteiger charge is -2.26. The molecule has 8 heteroatoms. The standard InChI is InChI=1S/C19H20ClN5O2/c1-18(2,3)27-17(26)25-11-19(4,6-7-21)13-9-12(10-23-15(13)25)14-5-8-22-16(20)24-14/h5,8-10H,6,11H2,1-4H3. The highest BCUT2D eigenvalue weighted by Crippen LogP contribution is 2.43. The predicted molar refractivity (Wildman–Crippen MR) is 101 cm³/mol. The summed E-state index contributed by atoms with van der Waals surface area (Å²) in [6, 6.07) is 5.85. The molecule has 0 N–H and O–H groups in total. The van der Waals surface area contributed by atoms with E-state index in [-0.39, 0.29) is 11.7 Å². The molecule has 1 aliphatic heterocycles. The largest absolute Gasteiger partial charge is 0.443 e. The molecule has 2 aromatic rings. The molecule has 1 aliphatic rings. The third-order valence-electron chi connectivity index (χ3n) is 4.28. The van der Waals surface area contributed by atoms with Gasteiger partial charge in [0.1, 0.15) is 11.4 Å². The van der Waals surface area contributed by atoms with Crippen molar-refractivity contribution in [3.63, 3.8) is 0 Å². The highest BCUT2D eigenvalue weighted by Gasteiger charge is 2.44. The summed E-state index contributed by atoms with van der Waals surface area (Å²) in [6.07, 6.45) is 2.97. The number of pyridine rings is 1. The van der Waals surface area contributed by atoms with Crippen LogP contribution in [0.3, 0.4) is 0 Å². The third-order valence-corrected chi connectivity index (χ3v) is 4.47. The Morgan fingerprint density at radius 3 is 2.81 bits per heavy atom. The van der Waals surface area contributed by atoms with E-state index in [9.17, 15) is 10.1 Å².